The van der Waals surface area contributed by atoms with Gasteiger partial charge in [0.1, 0.15) is 0 Å². The summed E-state index contributed by atoms with van der Waals surface area (Å²) in [4.78, 5) is 56.1. The zero-order chi connectivity index (χ0) is 24.9. The third kappa shape index (κ3) is 4.21. The molecule has 0 saturated heterocycles. The summed E-state index contributed by atoms with van der Waals surface area (Å²) in [6.45, 7) is 7.27. The van der Waals surface area contributed by atoms with E-state index in [0.29, 0.717) is 28.7 Å². The smallest absolute Gasteiger partial charge is 0.233 e. The number of nitrogens with zero attached hydrogens (tertiary/aromatic N) is 2. The SMILES string of the molecule is CN(C)C(C)(C)C(=O)c1ccc2c(c1)C(=O)C(=O)c1cc(C(=O)C(C)(C)N(C)C)ccc1C2. The summed E-state index contributed by atoms with van der Waals surface area (Å²) in [6, 6.07) is 10.0. The molecule has 174 valence electrons. The predicted octanol–water partition coefficient (Wildman–Crippen LogP) is 3.70. The number of carbonyl (C=O) groups excluding carboxylic acids is 4. The summed E-state index contributed by atoms with van der Waals surface area (Å²) in [5, 5.41) is 0. The quantitative estimate of drug-likeness (QED) is 0.496. The molecule has 2 aromatic rings. The number of hydrogen-bond acceptors (Lipinski definition) is 6. The van der Waals surface area contributed by atoms with Crippen LogP contribution < -0.4 is 0 Å². The van der Waals surface area contributed by atoms with Crippen LogP contribution in [-0.2, 0) is 6.42 Å². The number of likely N-dealkylation sites (N-methyl/N-ethyl adjacent to an activating group) is 2. The average Bonchev–Trinajstić information content (AvgIpc) is 2.86. The van der Waals surface area contributed by atoms with Crippen molar-refractivity contribution >= 4 is 23.1 Å². The minimum absolute atomic E-state index is 0.129. The Morgan fingerprint density at radius 2 is 1.00 bits per heavy atom. The van der Waals surface area contributed by atoms with Gasteiger partial charge < -0.3 is 0 Å². The molecule has 1 aliphatic carbocycles. The summed E-state index contributed by atoms with van der Waals surface area (Å²) in [5.74, 6) is -1.57. The fourth-order valence-electron chi connectivity index (χ4n) is 3.73. The van der Waals surface area contributed by atoms with Crippen LogP contribution in [0.2, 0.25) is 0 Å². The first kappa shape index (κ1) is 24.7. The summed E-state index contributed by atoms with van der Waals surface area (Å²) < 4.78 is 0. The number of Topliss-reactive ketones (excluding diaryl/α,β-unsaturated/α-hetero) is 4. The van der Waals surface area contributed by atoms with E-state index in [4.69, 9.17) is 0 Å². The number of fused-ring (bicyclic) bond motifs is 2. The molecule has 0 atom stereocenters. The summed E-state index contributed by atoms with van der Waals surface area (Å²) >= 11 is 0. The molecule has 0 aromatic heterocycles. The fourth-order valence-corrected chi connectivity index (χ4v) is 3.73. The molecule has 6 heteroatoms. The molecule has 1 aliphatic rings. The molecule has 33 heavy (non-hydrogen) atoms. The lowest BCUT2D eigenvalue weighted by molar-refractivity contribution is 0.0749. The van der Waals surface area contributed by atoms with Crippen LogP contribution in [-0.4, -0.2) is 72.2 Å². The first-order chi connectivity index (χ1) is 15.2. The van der Waals surface area contributed by atoms with Gasteiger partial charge in [-0.2, -0.15) is 0 Å². The molecule has 0 aliphatic heterocycles. The van der Waals surface area contributed by atoms with Gasteiger partial charge in [0.15, 0.2) is 11.6 Å². The Kier molecular flexibility index (Phi) is 6.30. The van der Waals surface area contributed by atoms with Crippen molar-refractivity contribution in [3.63, 3.8) is 0 Å². The summed E-state index contributed by atoms with van der Waals surface area (Å²) in [6.07, 6.45) is 0.374. The van der Waals surface area contributed by atoms with Gasteiger partial charge >= 0.3 is 0 Å². The van der Waals surface area contributed by atoms with Crippen LogP contribution in [0.4, 0.5) is 0 Å². The van der Waals surface area contributed by atoms with Gasteiger partial charge in [0.05, 0.1) is 11.1 Å². The number of ketones is 4. The summed E-state index contributed by atoms with van der Waals surface area (Å²) in [7, 11) is 7.29. The monoisotopic (exact) mass is 448 g/mol. The van der Waals surface area contributed by atoms with Crippen molar-refractivity contribution in [2.24, 2.45) is 0 Å². The van der Waals surface area contributed by atoms with Gasteiger partial charge in [0.25, 0.3) is 0 Å². The maximum Gasteiger partial charge on any atom is 0.233 e. The zero-order valence-corrected chi connectivity index (χ0v) is 20.7. The Bertz CT molecular complexity index is 1080. The topological polar surface area (TPSA) is 74.8 Å². The van der Waals surface area contributed by atoms with Crippen molar-refractivity contribution in [3.8, 4) is 0 Å². The second-order valence-corrected chi connectivity index (χ2v) is 10.1. The number of hydrogen-bond donors (Lipinski definition) is 0. The van der Waals surface area contributed by atoms with E-state index in [1.807, 2.05) is 65.7 Å². The van der Waals surface area contributed by atoms with E-state index in [1.165, 1.54) is 12.1 Å². The van der Waals surface area contributed by atoms with E-state index < -0.39 is 22.6 Å². The molecule has 0 amide bonds. The maximum atomic E-state index is 13.2. The molecule has 0 heterocycles. The zero-order valence-electron chi connectivity index (χ0n) is 20.7. The van der Waals surface area contributed by atoms with Crippen molar-refractivity contribution in [3.05, 3.63) is 69.8 Å². The van der Waals surface area contributed by atoms with Crippen LogP contribution >= 0.6 is 0 Å². The molecule has 0 radical (unpaired) electrons. The molecule has 6 nitrogen and oxygen atoms in total. The van der Waals surface area contributed by atoms with Crippen molar-refractivity contribution in [1.29, 1.82) is 0 Å². The van der Waals surface area contributed by atoms with Crippen molar-refractivity contribution < 1.29 is 19.2 Å². The lowest BCUT2D eigenvalue weighted by atomic mass is 9.89. The van der Waals surface area contributed by atoms with Gasteiger partial charge in [0.2, 0.25) is 11.6 Å². The molecular formula is C27H32N2O4. The Balaban J connectivity index is 2.05. The Morgan fingerprint density at radius 3 is 1.30 bits per heavy atom. The molecule has 0 spiro atoms. The second-order valence-electron chi connectivity index (χ2n) is 10.1. The Labute approximate surface area is 195 Å². The van der Waals surface area contributed by atoms with Crippen LogP contribution in [0.5, 0.6) is 0 Å². The maximum absolute atomic E-state index is 13.2. The first-order valence-electron chi connectivity index (χ1n) is 11.0. The first-order valence-corrected chi connectivity index (χ1v) is 11.0. The molecule has 0 N–H and O–H groups in total. The fraction of sp³-hybridized carbons (Fsp3) is 0.407. The van der Waals surface area contributed by atoms with Crippen molar-refractivity contribution in [2.45, 2.75) is 45.2 Å². The van der Waals surface area contributed by atoms with Crippen molar-refractivity contribution in [2.75, 3.05) is 28.2 Å². The third-order valence-corrected chi connectivity index (χ3v) is 7.17. The highest BCUT2D eigenvalue weighted by Crippen LogP contribution is 2.29. The van der Waals surface area contributed by atoms with E-state index in [1.54, 1.807) is 24.3 Å². The average molecular weight is 449 g/mol. The second kappa shape index (κ2) is 8.43. The molecule has 0 bridgehead atoms. The van der Waals surface area contributed by atoms with Gasteiger partial charge in [-0.15, -0.1) is 0 Å². The number of benzene rings is 2. The van der Waals surface area contributed by atoms with E-state index in [9.17, 15) is 19.2 Å². The third-order valence-electron chi connectivity index (χ3n) is 7.17. The molecule has 0 fully saturated rings. The number of rotatable bonds is 6. The van der Waals surface area contributed by atoms with E-state index in [-0.39, 0.29) is 22.7 Å². The number of carbonyl (C=O) groups is 4. The largest absolute Gasteiger partial charge is 0.297 e. The Hall–Kier alpha value is -2.96. The minimum atomic E-state index is -0.760. The van der Waals surface area contributed by atoms with Crippen LogP contribution in [0.3, 0.4) is 0 Å². The molecule has 0 unspecified atom stereocenters. The standard InChI is InChI=1S/C27H32N2O4/c1-26(2,28(5)6)24(32)18-11-9-16-13-17-10-12-19(25(33)27(3,4)29(7)8)15-21(17)23(31)22(30)20(16)14-18/h9-12,14-15H,13H2,1-8H3. The van der Waals surface area contributed by atoms with Gasteiger partial charge in [-0.3, -0.25) is 29.0 Å². The van der Waals surface area contributed by atoms with Crippen LogP contribution in [0.25, 0.3) is 0 Å². The van der Waals surface area contributed by atoms with E-state index in [0.717, 1.165) is 0 Å². The molecule has 0 saturated carbocycles. The normalized spacial score (nSPS) is 14.2. The lowest BCUT2D eigenvalue weighted by Gasteiger charge is -2.31. The highest BCUT2D eigenvalue weighted by molar-refractivity contribution is 6.50. The molecular weight excluding hydrogens is 416 g/mol. The van der Waals surface area contributed by atoms with Crippen LogP contribution in [0.1, 0.15) is 80.3 Å². The molecule has 3 rings (SSSR count). The highest BCUT2D eigenvalue weighted by atomic mass is 16.2. The van der Waals surface area contributed by atoms with Gasteiger partial charge in [-0.05, 0) is 85.6 Å². The predicted molar refractivity (Wildman–Crippen MR) is 129 cm³/mol. The lowest BCUT2D eigenvalue weighted by Crippen LogP contribution is -2.45. The molecule has 2 aromatic carbocycles. The van der Waals surface area contributed by atoms with E-state index >= 15 is 0 Å². The van der Waals surface area contributed by atoms with Gasteiger partial charge in [-0.25, -0.2) is 0 Å². The van der Waals surface area contributed by atoms with Crippen molar-refractivity contribution in [1.82, 2.24) is 9.80 Å². The van der Waals surface area contributed by atoms with Gasteiger partial charge in [0, 0.05) is 22.3 Å². The Morgan fingerprint density at radius 1 is 0.667 bits per heavy atom. The minimum Gasteiger partial charge on any atom is -0.297 e. The highest BCUT2D eigenvalue weighted by Gasteiger charge is 2.35. The van der Waals surface area contributed by atoms with Crippen LogP contribution in [0, 0.1) is 0 Å². The van der Waals surface area contributed by atoms with E-state index in [2.05, 4.69) is 0 Å². The van der Waals surface area contributed by atoms with Crippen LogP contribution in [0.15, 0.2) is 36.4 Å². The summed E-state index contributed by atoms with van der Waals surface area (Å²) in [5.41, 5.74) is 1.15. The van der Waals surface area contributed by atoms with Gasteiger partial charge in [-0.1, -0.05) is 24.3 Å².